The molecule has 9 heteroatoms. The third-order valence-corrected chi connectivity index (χ3v) is 4.90. The van der Waals surface area contributed by atoms with Crippen LogP contribution in [0.15, 0.2) is 30.3 Å². The number of aliphatic hydroxyl groups is 1. The van der Waals surface area contributed by atoms with Crippen molar-refractivity contribution in [3.05, 3.63) is 41.5 Å². The molecule has 0 bridgehead atoms. The van der Waals surface area contributed by atoms with Gasteiger partial charge in [0.1, 0.15) is 17.1 Å². The minimum absolute atomic E-state index is 0.0239. The minimum Gasteiger partial charge on any atom is -0.504 e. The molecule has 1 atom stereocenters. The fraction of sp³-hybridized carbons (Fsp3) is 0.350. The summed E-state index contributed by atoms with van der Waals surface area (Å²) in [5, 5.41) is 22.4. The molecule has 2 aromatic carbocycles. The highest BCUT2D eigenvalue weighted by atomic mass is 16.8. The summed E-state index contributed by atoms with van der Waals surface area (Å²) in [4.78, 5) is 13.5. The Morgan fingerprint density at radius 2 is 1.55 bits per heavy atom. The first-order chi connectivity index (χ1) is 13.8. The molecule has 1 aliphatic rings. The molecule has 0 spiro atoms. The van der Waals surface area contributed by atoms with Crippen LogP contribution in [-0.4, -0.2) is 57.3 Å². The van der Waals surface area contributed by atoms with Crippen LogP contribution in [0.1, 0.15) is 15.9 Å². The zero-order valence-electron chi connectivity index (χ0n) is 16.6. The number of hydrogen-bond acceptors (Lipinski definition) is 9. The molecule has 0 fully saturated rings. The second-order valence-electron chi connectivity index (χ2n) is 6.13. The molecule has 9 nitrogen and oxygen atoms in total. The highest BCUT2D eigenvalue weighted by Gasteiger charge is 2.66. The fourth-order valence-electron chi connectivity index (χ4n) is 3.50. The van der Waals surface area contributed by atoms with Crippen LogP contribution in [0.2, 0.25) is 0 Å². The van der Waals surface area contributed by atoms with Gasteiger partial charge in [-0.1, -0.05) is 6.07 Å². The number of carbonyl (C=O) groups excluding carboxylic acids is 1. The Labute approximate surface area is 167 Å². The number of phenolic OH excluding ortho intramolecular Hbond substituents is 1. The van der Waals surface area contributed by atoms with Crippen molar-refractivity contribution < 1.29 is 43.4 Å². The highest BCUT2D eigenvalue weighted by molar-refractivity contribution is 6.08. The van der Waals surface area contributed by atoms with Crippen molar-refractivity contribution in [2.24, 2.45) is 0 Å². The van der Waals surface area contributed by atoms with Crippen LogP contribution in [-0.2, 0) is 15.3 Å². The first-order valence-electron chi connectivity index (χ1n) is 8.53. The Morgan fingerprint density at radius 3 is 2.10 bits per heavy atom. The lowest BCUT2D eigenvalue weighted by Crippen LogP contribution is -2.65. The lowest BCUT2D eigenvalue weighted by molar-refractivity contribution is -0.345. The van der Waals surface area contributed by atoms with E-state index in [9.17, 15) is 15.0 Å². The maximum Gasteiger partial charge on any atom is 0.306 e. The molecule has 0 aliphatic carbocycles. The number of benzene rings is 2. The quantitative estimate of drug-likeness (QED) is 0.694. The van der Waals surface area contributed by atoms with Crippen molar-refractivity contribution in [3.8, 4) is 28.7 Å². The van der Waals surface area contributed by atoms with E-state index < -0.39 is 23.1 Å². The summed E-state index contributed by atoms with van der Waals surface area (Å²) in [5.74, 6) is -5.80. The molecule has 0 aromatic heterocycles. The average molecular weight is 406 g/mol. The number of rotatable bonds is 6. The molecule has 3 rings (SSSR count). The number of aromatic hydroxyl groups is 1. The second-order valence-corrected chi connectivity index (χ2v) is 6.13. The predicted octanol–water partition coefficient (Wildman–Crippen LogP) is 1.83. The number of carbonyl (C=O) groups is 1. The minimum atomic E-state index is -2.57. The molecule has 0 saturated carbocycles. The first-order valence-corrected chi connectivity index (χ1v) is 8.53. The van der Waals surface area contributed by atoms with Crippen LogP contribution >= 0.6 is 0 Å². The average Bonchev–Trinajstić information content (AvgIpc) is 2.73. The van der Waals surface area contributed by atoms with Gasteiger partial charge in [0.15, 0.2) is 11.5 Å². The standard InChI is InChI=1S/C20H22O9/c1-24-12-7-6-8-13-15(12)18(22)20(27-4,28-5)19(23,29-13)11-9-10-14(25-2)17(26-3)16(11)21/h6-10,21,23H,1-5H3. The van der Waals surface area contributed by atoms with Gasteiger partial charge >= 0.3 is 11.6 Å². The zero-order valence-corrected chi connectivity index (χ0v) is 16.6. The number of ketones is 1. The predicted molar refractivity (Wildman–Crippen MR) is 99.8 cm³/mol. The number of Topliss-reactive ketones (excluding diaryl/α,β-unsaturated/α-hetero) is 1. The third-order valence-electron chi connectivity index (χ3n) is 4.90. The molecule has 156 valence electrons. The van der Waals surface area contributed by atoms with E-state index >= 15 is 0 Å². The molecule has 29 heavy (non-hydrogen) atoms. The summed E-state index contributed by atoms with van der Waals surface area (Å²) in [6, 6.07) is 7.40. The monoisotopic (exact) mass is 406 g/mol. The van der Waals surface area contributed by atoms with E-state index in [0.29, 0.717) is 0 Å². The number of methoxy groups -OCH3 is 5. The smallest absolute Gasteiger partial charge is 0.306 e. The van der Waals surface area contributed by atoms with Crippen molar-refractivity contribution >= 4 is 5.78 Å². The van der Waals surface area contributed by atoms with Gasteiger partial charge in [-0.25, -0.2) is 0 Å². The molecular weight excluding hydrogens is 384 g/mol. The number of ether oxygens (including phenoxy) is 6. The summed E-state index contributed by atoms with van der Waals surface area (Å²) in [5.41, 5.74) is -0.191. The summed E-state index contributed by atoms with van der Waals surface area (Å²) >= 11 is 0. The SMILES string of the molecule is COc1ccc(C2(O)Oc3cccc(OC)c3C(=O)C2(OC)OC)c(O)c1OC. The lowest BCUT2D eigenvalue weighted by atomic mass is 9.85. The summed E-state index contributed by atoms with van der Waals surface area (Å²) in [6.45, 7) is 0. The van der Waals surface area contributed by atoms with E-state index in [1.54, 1.807) is 12.1 Å². The van der Waals surface area contributed by atoms with Crippen LogP contribution in [0.5, 0.6) is 28.7 Å². The van der Waals surface area contributed by atoms with Crippen molar-refractivity contribution in [3.63, 3.8) is 0 Å². The van der Waals surface area contributed by atoms with Gasteiger partial charge < -0.3 is 38.6 Å². The second kappa shape index (κ2) is 7.43. The van der Waals surface area contributed by atoms with Gasteiger partial charge in [-0.3, -0.25) is 4.79 Å². The molecule has 1 unspecified atom stereocenters. The Balaban J connectivity index is 2.33. The van der Waals surface area contributed by atoms with Gasteiger partial charge in [0, 0.05) is 14.2 Å². The maximum atomic E-state index is 13.5. The van der Waals surface area contributed by atoms with Crippen LogP contribution in [0.3, 0.4) is 0 Å². The van der Waals surface area contributed by atoms with Crippen LogP contribution in [0.25, 0.3) is 0 Å². The molecule has 2 aromatic rings. The van der Waals surface area contributed by atoms with E-state index in [1.165, 1.54) is 53.7 Å². The van der Waals surface area contributed by atoms with Crippen LogP contribution in [0, 0.1) is 0 Å². The van der Waals surface area contributed by atoms with E-state index in [1.807, 2.05) is 0 Å². The largest absolute Gasteiger partial charge is 0.504 e. The number of phenols is 1. The van der Waals surface area contributed by atoms with Crippen LogP contribution < -0.4 is 18.9 Å². The Bertz CT molecular complexity index is 936. The first kappa shape index (κ1) is 20.7. The van der Waals surface area contributed by atoms with Gasteiger partial charge in [-0.2, -0.15) is 0 Å². The van der Waals surface area contributed by atoms with E-state index in [-0.39, 0.29) is 34.1 Å². The van der Waals surface area contributed by atoms with Gasteiger partial charge in [-0.05, 0) is 24.3 Å². The van der Waals surface area contributed by atoms with E-state index in [0.717, 1.165) is 0 Å². The van der Waals surface area contributed by atoms with Crippen molar-refractivity contribution in [1.29, 1.82) is 0 Å². The fourth-order valence-corrected chi connectivity index (χ4v) is 3.50. The Hall–Kier alpha value is -3.01. The Morgan fingerprint density at radius 1 is 0.897 bits per heavy atom. The van der Waals surface area contributed by atoms with E-state index in [4.69, 9.17) is 28.4 Å². The van der Waals surface area contributed by atoms with Gasteiger partial charge in [0.05, 0.1) is 26.9 Å². The molecule has 0 amide bonds. The third kappa shape index (κ3) is 2.70. The molecule has 2 N–H and O–H groups in total. The van der Waals surface area contributed by atoms with Crippen LogP contribution in [0.4, 0.5) is 0 Å². The zero-order chi connectivity index (χ0) is 21.4. The van der Waals surface area contributed by atoms with Gasteiger partial charge in [0.25, 0.3) is 0 Å². The molecule has 0 saturated heterocycles. The maximum absolute atomic E-state index is 13.5. The molecule has 1 heterocycles. The molecular formula is C20H22O9. The van der Waals surface area contributed by atoms with Crippen molar-refractivity contribution in [2.45, 2.75) is 11.6 Å². The van der Waals surface area contributed by atoms with Gasteiger partial charge in [-0.15, -0.1) is 0 Å². The summed E-state index contributed by atoms with van der Waals surface area (Å²) in [7, 11) is 6.45. The number of fused-ring (bicyclic) bond motifs is 1. The normalized spacial score (nSPS) is 19.9. The van der Waals surface area contributed by atoms with Crippen molar-refractivity contribution in [2.75, 3.05) is 35.5 Å². The summed E-state index contributed by atoms with van der Waals surface area (Å²) < 4.78 is 32.1. The highest BCUT2D eigenvalue weighted by Crippen LogP contribution is 2.53. The number of hydrogen-bond donors (Lipinski definition) is 2. The topological polar surface area (TPSA) is 113 Å². The van der Waals surface area contributed by atoms with Crippen molar-refractivity contribution in [1.82, 2.24) is 0 Å². The summed E-state index contributed by atoms with van der Waals surface area (Å²) in [6.07, 6.45) is 0. The molecule has 0 radical (unpaired) electrons. The lowest BCUT2D eigenvalue weighted by Gasteiger charge is -2.46. The Kier molecular flexibility index (Phi) is 5.31. The van der Waals surface area contributed by atoms with E-state index in [2.05, 4.69) is 0 Å². The van der Waals surface area contributed by atoms with Gasteiger partial charge in [0.2, 0.25) is 11.5 Å². The molecule has 1 aliphatic heterocycles.